The molecule has 3 amide bonds. The molecule has 18 heteroatoms. The minimum absolute atomic E-state index is 0.00736. The van der Waals surface area contributed by atoms with Gasteiger partial charge in [-0.3, -0.25) is 14.4 Å². The van der Waals surface area contributed by atoms with E-state index >= 15 is 0 Å². The Bertz CT molecular complexity index is 1610. The summed E-state index contributed by atoms with van der Waals surface area (Å²) in [6.07, 6.45) is 2.96. The SMILES string of the molecule is CC(C)=NOC1CCC(C)N2CC1n1cc(C(=O)NCc3ccc(F)cc3F)c(=O)c(OCOC(=O)N3CCCC3)c1C2=O.COP(O)O. The Morgan fingerprint density at radius 2 is 1.82 bits per heavy atom. The largest absolute Gasteiger partial charge is 0.451 e. The summed E-state index contributed by atoms with van der Waals surface area (Å²) in [6, 6.07) is 2.19. The zero-order chi connectivity index (χ0) is 35.8. The quantitative estimate of drug-likeness (QED) is 0.151. The van der Waals surface area contributed by atoms with Gasteiger partial charge in [-0.05, 0) is 52.5 Å². The van der Waals surface area contributed by atoms with Crippen molar-refractivity contribution in [3.05, 3.63) is 63.1 Å². The standard InChI is InChI=1S/C30H35F2N5O7.CH5O3P/c1-17(2)34-44-24-9-6-18(3)36-15-23(24)37-14-21(28(39)33-13-19-7-8-20(31)12-22(19)32)26(38)27(25(37)29(36)40)42-16-43-30(41)35-10-4-5-11-35;1-4-5(2)3/h7-8,12,14,18,23-24H,4-6,9-11,13,15-16H2,1-3H3,(H,33,39);2-3H,1H3. The summed E-state index contributed by atoms with van der Waals surface area (Å²) in [4.78, 5) is 78.0. The third-order valence-corrected chi connectivity index (χ3v) is 8.54. The molecule has 0 radical (unpaired) electrons. The highest BCUT2D eigenvalue weighted by Crippen LogP contribution is 2.36. The normalized spacial score (nSPS) is 19.7. The Kier molecular flexibility index (Phi) is 13.0. The van der Waals surface area contributed by atoms with Crippen molar-refractivity contribution in [2.75, 3.05) is 33.5 Å². The third kappa shape index (κ3) is 9.29. The van der Waals surface area contributed by atoms with Gasteiger partial charge in [0, 0.05) is 57.2 Å². The van der Waals surface area contributed by atoms with Gasteiger partial charge < -0.3 is 48.3 Å². The molecule has 1 aromatic carbocycles. The number of benzene rings is 1. The summed E-state index contributed by atoms with van der Waals surface area (Å²) >= 11 is 0. The minimum Gasteiger partial charge on any atom is -0.451 e. The van der Waals surface area contributed by atoms with Crippen LogP contribution in [0.4, 0.5) is 13.6 Å². The van der Waals surface area contributed by atoms with E-state index in [-0.39, 0.29) is 36.0 Å². The first kappa shape index (κ1) is 37.6. The van der Waals surface area contributed by atoms with Gasteiger partial charge >= 0.3 is 14.7 Å². The Hall–Kier alpha value is -4.18. The molecule has 4 heterocycles. The van der Waals surface area contributed by atoms with E-state index in [1.165, 1.54) is 28.8 Å². The number of carbonyl (C=O) groups is 3. The molecule has 15 nitrogen and oxygen atoms in total. The Balaban J connectivity index is 0.00000101. The highest BCUT2D eigenvalue weighted by Gasteiger charge is 2.44. The van der Waals surface area contributed by atoms with Crippen LogP contribution in [0, 0.1) is 11.6 Å². The monoisotopic (exact) mass is 711 g/mol. The van der Waals surface area contributed by atoms with Crippen LogP contribution in [0.2, 0.25) is 0 Å². The van der Waals surface area contributed by atoms with Gasteiger partial charge in [-0.1, -0.05) is 11.2 Å². The number of pyridine rings is 1. The van der Waals surface area contributed by atoms with E-state index in [9.17, 15) is 28.0 Å². The van der Waals surface area contributed by atoms with Gasteiger partial charge in [0.2, 0.25) is 18.0 Å². The zero-order valence-corrected chi connectivity index (χ0v) is 28.5. The molecule has 3 N–H and O–H groups in total. The number of amides is 3. The Morgan fingerprint density at radius 1 is 1.12 bits per heavy atom. The number of fused-ring (bicyclic) bond motifs is 4. The molecule has 3 aliphatic heterocycles. The van der Waals surface area contributed by atoms with Crippen LogP contribution < -0.4 is 15.5 Å². The highest BCUT2D eigenvalue weighted by atomic mass is 31.2. The summed E-state index contributed by atoms with van der Waals surface area (Å²) < 4.78 is 43.9. The summed E-state index contributed by atoms with van der Waals surface area (Å²) in [5.41, 5.74) is -0.712. The summed E-state index contributed by atoms with van der Waals surface area (Å²) in [5.74, 6) is -3.44. The van der Waals surface area contributed by atoms with Crippen LogP contribution >= 0.6 is 8.60 Å². The number of aromatic nitrogens is 1. The van der Waals surface area contributed by atoms with Crippen LogP contribution in [0.15, 0.2) is 34.3 Å². The van der Waals surface area contributed by atoms with Crippen molar-refractivity contribution in [2.24, 2.45) is 5.16 Å². The zero-order valence-electron chi connectivity index (χ0n) is 27.6. The van der Waals surface area contributed by atoms with Gasteiger partial charge in [0.1, 0.15) is 23.3 Å². The summed E-state index contributed by atoms with van der Waals surface area (Å²) in [5, 5.41) is 6.63. The number of nitrogens with zero attached hydrogens (tertiary/aromatic N) is 4. The van der Waals surface area contributed by atoms with Crippen molar-refractivity contribution < 1.29 is 51.8 Å². The molecule has 1 aromatic heterocycles. The van der Waals surface area contributed by atoms with Gasteiger partial charge in [-0.15, -0.1) is 0 Å². The number of hydrogen-bond donors (Lipinski definition) is 3. The van der Waals surface area contributed by atoms with E-state index in [1.54, 1.807) is 18.7 Å². The first-order valence-corrected chi connectivity index (χ1v) is 16.7. The van der Waals surface area contributed by atoms with Crippen molar-refractivity contribution in [1.29, 1.82) is 0 Å². The second-order valence-corrected chi connectivity index (χ2v) is 12.7. The second-order valence-electron chi connectivity index (χ2n) is 11.8. The molecule has 3 aliphatic rings. The van der Waals surface area contributed by atoms with Crippen molar-refractivity contribution in [3.63, 3.8) is 0 Å². The Morgan fingerprint density at radius 3 is 2.45 bits per heavy atom. The van der Waals surface area contributed by atoms with E-state index in [1.807, 2.05) is 6.92 Å². The van der Waals surface area contributed by atoms with E-state index in [4.69, 9.17) is 24.1 Å². The van der Waals surface area contributed by atoms with Crippen molar-refractivity contribution in [3.8, 4) is 5.75 Å². The van der Waals surface area contributed by atoms with Gasteiger partial charge in [0.05, 0.1) is 11.8 Å². The molecular weight excluding hydrogens is 671 g/mol. The molecule has 2 fully saturated rings. The predicted octanol–water partition coefficient (Wildman–Crippen LogP) is 3.43. The average Bonchev–Trinajstić information content (AvgIpc) is 3.56. The molecule has 2 saturated heterocycles. The highest BCUT2D eigenvalue weighted by molar-refractivity contribution is 7.39. The van der Waals surface area contributed by atoms with Crippen LogP contribution in [0.5, 0.6) is 5.75 Å². The maximum absolute atomic E-state index is 14.2. The molecule has 0 saturated carbocycles. The van der Waals surface area contributed by atoms with Gasteiger partial charge in [-0.25, -0.2) is 13.6 Å². The van der Waals surface area contributed by atoms with E-state index in [0.29, 0.717) is 37.7 Å². The minimum atomic E-state index is -2.10. The fraction of sp³-hybridized carbons (Fsp3) is 0.516. The lowest BCUT2D eigenvalue weighted by atomic mass is 10.0. The predicted molar refractivity (Wildman–Crippen MR) is 172 cm³/mol. The van der Waals surface area contributed by atoms with Crippen molar-refractivity contribution in [2.45, 2.75) is 71.2 Å². The lowest BCUT2D eigenvalue weighted by Gasteiger charge is -2.38. The van der Waals surface area contributed by atoms with Crippen molar-refractivity contribution >= 4 is 32.2 Å². The van der Waals surface area contributed by atoms with E-state index < -0.39 is 68.3 Å². The Labute approximate surface area is 282 Å². The number of nitrogens with one attached hydrogen (secondary N) is 1. The molecular formula is C31H40F2N5O10P. The van der Waals surface area contributed by atoms with Crippen LogP contribution in [-0.2, 0) is 20.6 Å². The van der Waals surface area contributed by atoms with Gasteiger partial charge in [-0.2, -0.15) is 0 Å². The molecule has 3 atom stereocenters. The second kappa shape index (κ2) is 17.0. The lowest BCUT2D eigenvalue weighted by Crippen LogP contribution is -2.49. The first-order chi connectivity index (χ1) is 23.3. The third-order valence-electron chi connectivity index (χ3n) is 8.21. The molecule has 3 unspecified atom stereocenters. The number of hydrogen-bond acceptors (Lipinski definition) is 11. The number of oxime groups is 1. The van der Waals surface area contributed by atoms with Crippen LogP contribution in [0.1, 0.15) is 78.9 Å². The number of carbonyl (C=O) groups excluding carboxylic acids is 3. The van der Waals surface area contributed by atoms with Crippen molar-refractivity contribution in [1.82, 2.24) is 19.7 Å². The molecule has 2 bridgehead atoms. The van der Waals surface area contributed by atoms with Crippen LogP contribution in [-0.4, -0.2) is 93.5 Å². The molecule has 2 aromatic rings. The molecule has 49 heavy (non-hydrogen) atoms. The molecule has 5 rings (SSSR count). The summed E-state index contributed by atoms with van der Waals surface area (Å²) in [6.45, 7) is 5.75. The number of ether oxygens (including phenoxy) is 2. The average molecular weight is 712 g/mol. The maximum atomic E-state index is 14.2. The number of halogens is 2. The first-order valence-electron chi connectivity index (χ1n) is 15.6. The molecule has 268 valence electrons. The van der Waals surface area contributed by atoms with Gasteiger partial charge in [0.15, 0.2) is 5.69 Å². The van der Waals surface area contributed by atoms with Crippen LogP contribution in [0.25, 0.3) is 0 Å². The number of rotatable bonds is 9. The molecule has 0 aliphatic carbocycles. The summed E-state index contributed by atoms with van der Waals surface area (Å²) in [7, 11) is -0.870. The van der Waals surface area contributed by atoms with E-state index in [2.05, 4.69) is 15.0 Å². The van der Waals surface area contributed by atoms with Crippen LogP contribution in [0.3, 0.4) is 0 Å². The number of likely N-dealkylation sites (tertiary alicyclic amines) is 1. The fourth-order valence-electron chi connectivity index (χ4n) is 5.67. The fourth-order valence-corrected chi connectivity index (χ4v) is 5.67. The smallest absolute Gasteiger partial charge is 0.412 e. The van der Waals surface area contributed by atoms with E-state index in [0.717, 1.165) is 18.9 Å². The molecule has 0 spiro atoms. The maximum Gasteiger partial charge on any atom is 0.412 e. The van der Waals surface area contributed by atoms with Gasteiger partial charge in [0.25, 0.3) is 11.8 Å². The topological polar surface area (TPSA) is 181 Å². The lowest BCUT2D eigenvalue weighted by molar-refractivity contribution is 0.00628.